The van der Waals surface area contributed by atoms with Gasteiger partial charge in [0.1, 0.15) is 0 Å². The fourth-order valence-corrected chi connectivity index (χ4v) is 1.49. The first-order valence-corrected chi connectivity index (χ1v) is 4.41. The third-order valence-electron chi connectivity index (χ3n) is 2.21. The van der Waals surface area contributed by atoms with E-state index in [0.29, 0.717) is 17.2 Å². The lowest BCUT2D eigenvalue weighted by atomic mass is 10.1. The minimum atomic E-state index is -0.400. The molecule has 15 heavy (non-hydrogen) atoms. The Hall–Kier alpha value is -2.17. The molecule has 0 saturated heterocycles. The maximum absolute atomic E-state index is 10.8. The summed E-state index contributed by atoms with van der Waals surface area (Å²) in [5.74, 6) is 1.39. The Labute approximate surface area is 84.2 Å². The van der Waals surface area contributed by atoms with Gasteiger partial charge in [0.15, 0.2) is 11.5 Å². The van der Waals surface area contributed by atoms with Crippen LogP contribution in [-0.2, 0) is 0 Å². The molecule has 0 aliphatic carbocycles. The summed E-state index contributed by atoms with van der Waals surface area (Å²) in [5.41, 5.74) is 1.05. The Morgan fingerprint density at radius 3 is 2.80 bits per heavy atom. The monoisotopic (exact) mass is 205 g/mol. The third-order valence-corrected chi connectivity index (χ3v) is 2.21. The quantitative estimate of drug-likeness (QED) is 0.763. The van der Waals surface area contributed by atoms with Crippen molar-refractivity contribution in [2.45, 2.75) is 0 Å². The van der Waals surface area contributed by atoms with Crippen LogP contribution in [0.5, 0.6) is 11.5 Å². The third kappa shape index (κ3) is 1.28. The average Bonchev–Trinajstić information content (AvgIpc) is 2.84. The molecule has 0 atom stereocenters. The van der Waals surface area contributed by atoms with E-state index >= 15 is 0 Å². The number of ether oxygens (including phenoxy) is 2. The highest BCUT2D eigenvalue weighted by Gasteiger charge is 2.14. The van der Waals surface area contributed by atoms with Crippen LogP contribution in [0.25, 0.3) is 11.3 Å². The Balaban J connectivity index is 2.10. The molecule has 5 nitrogen and oxygen atoms in total. The molecule has 1 aromatic heterocycles. The van der Waals surface area contributed by atoms with Crippen molar-refractivity contribution in [1.82, 2.24) is 5.16 Å². The summed E-state index contributed by atoms with van der Waals surface area (Å²) in [6.07, 6.45) is 0. The van der Waals surface area contributed by atoms with Crippen LogP contribution in [0.15, 0.2) is 33.6 Å². The van der Waals surface area contributed by atoms with E-state index < -0.39 is 5.63 Å². The zero-order valence-electron chi connectivity index (χ0n) is 7.65. The van der Waals surface area contributed by atoms with Gasteiger partial charge in [0.05, 0.1) is 11.8 Å². The number of hydrogen-bond acceptors (Lipinski definition) is 4. The molecule has 0 fully saturated rings. The van der Waals surface area contributed by atoms with Crippen LogP contribution in [0.3, 0.4) is 0 Å². The molecule has 2 heterocycles. The molecular formula is C10H7NO4. The number of H-pyrrole nitrogens is 1. The topological polar surface area (TPSA) is 64.5 Å². The molecule has 0 amide bonds. The molecule has 3 rings (SSSR count). The van der Waals surface area contributed by atoms with E-state index in [0.717, 1.165) is 5.56 Å². The molecule has 0 unspecified atom stereocenters. The van der Waals surface area contributed by atoms with Crippen molar-refractivity contribution in [3.05, 3.63) is 34.7 Å². The van der Waals surface area contributed by atoms with E-state index in [1.807, 2.05) is 6.07 Å². The molecule has 2 aromatic rings. The van der Waals surface area contributed by atoms with Crippen molar-refractivity contribution in [2.24, 2.45) is 0 Å². The summed E-state index contributed by atoms with van der Waals surface area (Å²) in [7, 11) is 0. The highest BCUT2D eigenvalue weighted by Crippen LogP contribution is 2.35. The van der Waals surface area contributed by atoms with Crippen LogP contribution in [0.4, 0.5) is 0 Å². The first kappa shape index (κ1) is 8.16. The molecule has 76 valence electrons. The Kier molecular flexibility index (Phi) is 1.58. The SMILES string of the molecule is O=c1cc(-c2ccc3c(c2)OCO3)[nH]o1. The molecule has 0 radical (unpaired) electrons. The molecule has 0 bridgehead atoms. The number of rotatable bonds is 1. The highest BCUT2D eigenvalue weighted by molar-refractivity contribution is 5.63. The van der Waals surface area contributed by atoms with E-state index in [1.54, 1.807) is 12.1 Å². The van der Waals surface area contributed by atoms with Crippen molar-refractivity contribution >= 4 is 0 Å². The Morgan fingerprint density at radius 2 is 2.00 bits per heavy atom. The number of fused-ring (bicyclic) bond motifs is 1. The van der Waals surface area contributed by atoms with Gasteiger partial charge in [-0.25, -0.2) is 9.95 Å². The lowest BCUT2D eigenvalue weighted by molar-refractivity contribution is 0.174. The second kappa shape index (κ2) is 2.91. The van der Waals surface area contributed by atoms with E-state index in [-0.39, 0.29) is 6.79 Å². The predicted molar refractivity (Wildman–Crippen MR) is 50.9 cm³/mol. The molecule has 1 N–H and O–H groups in total. The minimum absolute atomic E-state index is 0.237. The number of aromatic nitrogens is 1. The van der Waals surface area contributed by atoms with Crippen LogP contribution in [0.2, 0.25) is 0 Å². The normalized spacial score (nSPS) is 13.1. The molecule has 5 heteroatoms. The van der Waals surface area contributed by atoms with Gasteiger partial charge in [-0.15, -0.1) is 0 Å². The summed E-state index contributed by atoms with van der Waals surface area (Å²) >= 11 is 0. The molecule has 0 spiro atoms. The molecule has 1 aliphatic heterocycles. The van der Waals surface area contributed by atoms with Crippen molar-refractivity contribution in [1.29, 1.82) is 0 Å². The molecule has 1 aromatic carbocycles. The molecule has 0 saturated carbocycles. The number of aromatic amines is 1. The van der Waals surface area contributed by atoms with Crippen molar-refractivity contribution < 1.29 is 14.0 Å². The Bertz CT molecular complexity index is 555. The smallest absolute Gasteiger partial charge is 0.357 e. The van der Waals surface area contributed by atoms with Gasteiger partial charge in [0, 0.05) is 5.56 Å². The maximum atomic E-state index is 10.8. The largest absolute Gasteiger partial charge is 0.454 e. The fraction of sp³-hybridized carbons (Fsp3) is 0.100. The van der Waals surface area contributed by atoms with Gasteiger partial charge in [0.25, 0.3) is 0 Å². The minimum Gasteiger partial charge on any atom is -0.454 e. The van der Waals surface area contributed by atoms with Gasteiger partial charge in [-0.05, 0) is 18.2 Å². The van der Waals surface area contributed by atoms with E-state index in [1.165, 1.54) is 6.07 Å². The van der Waals surface area contributed by atoms with Crippen molar-refractivity contribution in [3.8, 4) is 22.8 Å². The summed E-state index contributed by atoms with van der Waals surface area (Å²) in [6, 6.07) is 6.80. The zero-order chi connectivity index (χ0) is 10.3. The van der Waals surface area contributed by atoms with E-state index in [2.05, 4.69) is 9.68 Å². The zero-order valence-corrected chi connectivity index (χ0v) is 7.65. The van der Waals surface area contributed by atoms with Gasteiger partial charge in [-0.2, -0.15) is 0 Å². The van der Waals surface area contributed by atoms with Crippen LogP contribution >= 0.6 is 0 Å². The first-order valence-electron chi connectivity index (χ1n) is 4.41. The van der Waals surface area contributed by atoms with Crippen LogP contribution < -0.4 is 15.1 Å². The lowest BCUT2D eigenvalue weighted by Gasteiger charge is -1.98. The van der Waals surface area contributed by atoms with Crippen LogP contribution in [-0.4, -0.2) is 11.9 Å². The van der Waals surface area contributed by atoms with Gasteiger partial charge in [-0.3, -0.25) is 0 Å². The van der Waals surface area contributed by atoms with Gasteiger partial charge < -0.3 is 14.0 Å². The van der Waals surface area contributed by atoms with Crippen LogP contribution in [0, 0.1) is 0 Å². The summed E-state index contributed by atoms with van der Waals surface area (Å²) < 4.78 is 15.0. The summed E-state index contributed by atoms with van der Waals surface area (Å²) in [4.78, 5) is 10.8. The number of benzene rings is 1. The summed E-state index contributed by atoms with van der Waals surface area (Å²) in [5, 5.41) is 2.53. The fourth-order valence-electron chi connectivity index (χ4n) is 1.49. The molecule has 1 aliphatic rings. The second-order valence-corrected chi connectivity index (χ2v) is 3.15. The van der Waals surface area contributed by atoms with Gasteiger partial charge >= 0.3 is 5.63 Å². The Morgan fingerprint density at radius 1 is 1.13 bits per heavy atom. The summed E-state index contributed by atoms with van der Waals surface area (Å²) in [6.45, 7) is 0.237. The van der Waals surface area contributed by atoms with E-state index in [4.69, 9.17) is 9.47 Å². The highest BCUT2D eigenvalue weighted by atomic mass is 16.7. The maximum Gasteiger partial charge on any atom is 0.357 e. The van der Waals surface area contributed by atoms with Gasteiger partial charge in [-0.1, -0.05) is 0 Å². The average molecular weight is 205 g/mol. The van der Waals surface area contributed by atoms with Gasteiger partial charge in [0.2, 0.25) is 6.79 Å². The second-order valence-electron chi connectivity index (χ2n) is 3.15. The van der Waals surface area contributed by atoms with Crippen molar-refractivity contribution in [2.75, 3.05) is 6.79 Å². The lowest BCUT2D eigenvalue weighted by Crippen LogP contribution is -1.92. The van der Waals surface area contributed by atoms with Crippen LogP contribution in [0.1, 0.15) is 0 Å². The van der Waals surface area contributed by atoms with E-state index in [9.17, 15) is 4.79 Å². The predicted octanol–water partition coefficient (Wildman–Crippen LogP) is 1.36. The number of hydrogen-bond donors (Lipinski definition) is 1. The first-order chi connectivity index (χ1) is 7.33. The standard InChI is InChI=1S/C10H7NO4/c12-10-4-7(11-15-10)6-1-2-8-9(3-6)14-5-13-8/h1-4,11H,5H2. The molecular weight excluding hydrogens is 198 g/mol. The number of nitrogens with one attached hydrogen (secondary N) is 1. The van der Waals surface area contributed by atoms with Crippen molar-refractivity contribution in [3.63, 3.8) is 0 Å².